The summed E-state index contributed by atoms with van der Waals surface area (Å²) < 4.78 is 19.4. The Morgan fingerprint density at radius 2 is 2.15 bits per heavy atom. The third kappa shape index (κ3) is 3.60. The average molecular weight is 256 g/mol. The highest BCUT2D eigenvalue weighted by Crippen LogP contribution is 2.02. The van der Waals surface area contributed by atoms with E-state index < -0.39 is 29.3 Å². The molecule has 0 saturated heterocycles. The van der Waals surface area contributed by atoms with Gasteiger partial charge in [0.1, 0.15) is 4.62 Å². The maximum Gasteiger partial charge on any atom is 0.343 e. The van der Waals surface area contributed by atoms with Crippen LogP contribution in [0, 0.1) is 5.41 Å². The molecule has 0 aromatic rings. The number of carbonyl (C=O) groups is 2. The zero-order valence-corrected chi connectivity index (χ0v) is 8.26. The molecule has 5 nitrogen and oxygen atoms in total. The van der Waals surface area contributed by atoms with E-state index in [1.807, 2.05) is 0 Å². The molecule has 0 aromatic carbocycles. The second-order valence-corrected chi connectivity index (χ2v) is 2.65. The summed E-state index contributed by atoms with van der Waals surface area (Å²) in [5.74, 6) is -2.02. The SMILES string of the molecule is COC(=O)C(OCF)C(=O)C(=N)Br. The predicted octanol–water partition coefficient (Wildman–Crippen LogP) is 0.413. The number of carbonyl (C=O) groups excluding carboxylic acids is 2. The van der Waals surface area contributed by atoms with Crippen LogP contribution in [0.15, 0.2) is 0 Å². The van der Waals surface area contributed by atoms with Gasteiger partial charge in [-0.2, -0.15) is 0 Å². The van der Waals surface area contributed by atoms with Gasteiger partial charge in [0.05, 0.1) is 7.11 Å². The molecule has 0 aliphatic rings. The number of alkyl halides is 1. The Bertz CT molecular complexity index is 233. The van der Waals surface area contributed by atoms with Gasteiger partial charge in [0.25, 0.3) is 0 Å². The van der Waals surface area contributed by atoms with E-state index in [4.69, 9.17) is 5.41 Å². The zero-order valence-electron chi connectivity index (χ0n) is 6.67. The van der Waals surface area contributed by atoms with Crippen molar-refractivity contribution >= 4 is 32.3 Å². The average Bonchev–Trinajstić information content (AvgIpc) is 2.11. The molecule has 0 aliphatic carbocycles. The first-order chi connectivity index (χ1) is 6.04. The van der Waals surface area contributed by atoms with E-state index in [-0.39, 0.29) is 0 Å². The Kier molecular flexibility index (Phi) is 5.40. The van der Waals surface area contributed by atoms with Crippen molar-refractivity contribution < 1.29 is 23.5 Å². The van der Waals surface area contributed by atoms with Crippen LogP contribution in [0.4, 0.5) is 4.39 Å². The summed E-state index contributed by atoms with van der Waals surface area (Å²) in [6.07, 6.45) is -1.71. The topological polar surface area (TPSA) is 76.5 Å². The van der Waals surface area contributed by atoms with Crippen LogP contribution in [-0.4, -0.2) is 36.4 Å². The van der Waals surface area contributed by atoms with Gasteiger partial charge < -0.3 is 9.47 Å². The number of methoxy groups -OCH3 is 1. The number of hydrogen-bond acceptors (Lipinski definition) is 5. The van der Waals surface area contributed by atoms with Gasteiger partial charge in [0, 0.05) is 0 Å². The Labute approximate surface area is 81.8 Å². The predicted molar refractivity (Wildman–Crippen MR) is 44.5 cm³/mol. The molecule has 0 fully saturated rings. The highest BCUT2D eigenvalue weighted by Gasteiger charge is 2.30. The standard InChI is InChI=1S/C6H7BrFNO4/c1-12-6(11)4(13-2-8)3(10)5(7)9/h4,9H,2H2,1H3. The minimum Gasteiger partial charge on any atom is -0.467 e. The van der Waals surface area contributed by atoms with Crippen molar-refractivity contribution in [2.45, 2.75) is 6.10 Å². The van der Waals surface area contributed by atoms with Gasteiger partial charge in [-0.25, -0.2) is 9.18 Å². The monoisotopic (exact) mass is 255 g/mol. The highest BCUT2D eigenvalue weighted by molar-refractivity contribution is 9.19. The Hall–Kier alpha value is -0.820. The first-order valence-corrected chi connectivity index (χ1v) is 3.87. The molecular weight excluding hydrogens is 249 g/mol. The summed E-state index contributed by atoms with van der Waals surface area (Å²) >= 11 is 2.53. The number of hydrogen-bond donors (Lipinski definition) is 1. The van der Waals surface area contributed by atoms with Crippen LogP contribution >= 0.6 is 15.9 Å². The van der Waals surface area contributed by atoms with E-state index in [0.29, 0.717) is 0 Å². The molecule has 0 rings (SSSR count). The number of rotatable bonds is 5. The molecule has 0 radical (unpaired) electrons. The van der Waals surface area contributed by atoms with Gasteiger partial charge >= 0.3 is 5.97 Å². The minimum absolute atomic E-state index is 0.573. The van der Waals surface area contributed by atoms with Crippen molar-refractivity contribution in [1.29, 1.82) is 5.41 Å². The molecule has 0 aliphatic heterocycles. The van der Waals surface area contributed by atoms with E-state index in [2.05, 4.69) is 25.4 Å². The number of Topliss-reactive ketones (excluding diaryl/α,β-unsaturated/α-hetero) is 1. The van der Waals surface area contributed by atoms with Crippen molar-refractivity contribution in [1.82, 2.24) is 0 Å². The number of ketones is 1. The fourth-order valence-corrected chi connectivity index (χ4v) is 0.744. The highest BCUT2D eigenvalue weighted by atomic mass is 79.9. The maximum atomic E-state index is 11.7. The molecule has 1 N–H and O–H groups in total. The summed E-state index contributed by atoms with van der Waals surface area (Å²) in [5, 5.41) is 6.83. The summed E-state index contributed by atoms with van der Waals surface area (Å²) in [6, 6.07) is 0. The van der Waals surface area contributed by atoms with Gasteiger partial charge in [-0.3, -0.25) is 10.2 Å². The zero-order chi connectivity index (χ0) is 10.4. The first kappa shape index (κ1) is 12.2. The van der Waals surface area contributed by atoms with Crippen molar-refractivity contribution in [3.05, 3.63) is 0 Å². The third-order valence-corrected chi connectivity index (χ3v) is 1.49. The normalized spacial score (nSPS) is 11.9. The summed E-state index contributed by atoms with van der Waals surface area (Å²) in [4.78, 5) is 21.8. The lowest BCUT2D eigenvalue weighted by Gasteiger charge is -2.10. The van der Waals surface area contributed by atoms with Crippen molar-refractivity contribution in [3.63, 3.8) is 0 Å². The molecule has 0 spiro atoms. The molecule has 0 aromatic heterocycles. The molecule has 13 heavy (non-hydrogen) atoms. The molecule has 1 atom stereocenters. The maximum absolute atomic E-state index is 11.7. The van der Waals surface area contributed by atoms with Crippen LogP contribution in [0.5, 0.6) is 0 Å². The number of nitrogens with one attached hydrogen (secondary N) is 1. The molecule has 0 heterocycles. The van der Waals surface area contributed by atoms with E-state index in [0.717, 1.165) is 7.11 Å². The van der Waals surface area contributed by atoms with Crippen molar-refractivity contribution in [3.8, 4) is 0 Å². The summed E-state index contributed by atoms with van der Waals surface area (Å²) in [7, 11) is 1.03. The van der Waals surface area contributed by atoms with Crippen LogP contribution in [0.2, 0.25) is 0 Å². The van der Waals surface area contributed by atoms with Gasteiger partial charge in [-0.1, -0.05) is 0 Å². The molecule has 7 heteroatoms. The van der Waals surface area contributed by atoms with Crippen LogP contribution in [0.1, 0.15) is 0 Å². The van der Waals surface area contributed by atoms with Gasteiger partial charge in [0.2, 0.25) is 11.9 Å². The number of esters is 1. The second kappa shape index (κ2) is 5.76. The fourth-order valence-electron chi connectivity index (χ4n) is 0.536. The second-order valence-electron chi connectivity index (χ2n) is 1.86. The molecule has 74 valence electrons. The number of ether oxygens (including phenoxy) is 2. The van der Waals surface area contributed by atoms with Crippen molar-refractivity contribution in [2.24, 2.45) is 0 Å². The van der Waals surface area contributed by atoms with E-state index in [1.54, 1.807) is 0 Å². The largest absolute Gasteiger partial charge is 0.467 e. The first-order valence-electron chi connectivity index (χ1n) is 3.08. The quantitative estimate of drug-likeness (QED) is 0.439. The van der Waals surface area contributed by atoms with Gasteiger partial charge in [-0.15, -0.1) is 0 Å². The van der Waals surface area contributed by atoms with E-state index in [9.17, 15) is 14.0 Å². The van der Waals surface area contributed by atoms with Crippen molar-refractivity contribution in [2.75, 3.05) is 14.0 Å². The summed E-state index contributed by atoms with van der Waals surface area (Å²) in [6.45, 7) is -1.30. The lowest BCUT2D eigenvalue weighted by atomic mass is 10.2. The van der Waals surface area contributed by atoms with E-state index >= 15 is 0 Å². The third-order valence-electron chi connectivity index (χ3n) is 1.10. The molecule has 0 saturated carbocycles. The molecular formula is C6H7BrFNO4. The lowest BCUT2D eigenvalue weighted by Crippen LogP contribution is -2.36. The molecule has 1 unspecified atom stereocenters. The minimum atomic E-state index is -1.71. The fraction of sp³-hybridized carbons (Fsp3) is 0.500. The summed E-state index contributed by atoms with van der Waals surface area (Å²) in [5.41, 5.74) is 0. The Balaban J connectivity index is 4.50. The molecule has 0 amide bonds. The van der Waals surface area contributed by atoms with Crippen LogP contribution in [-0.2, 0) is 19.1 Å². The van der Waals surface area contributed by atoms with Crippen LogP contribution in [0.3, 0.4) is 0 Å². The smallest absolute Gasteiger partial charge is 0.343 e. The Morgan fingerprint density at radius 3 is 2.46 bits per heavy atom. The Morgan fingerprint density at radius 1 is 1.62 bits per heavy atom. The molecule has 0 bridgehead atoms. The van der Waals surface area contributed by atoms with E-state index in [1.165, 1.54) is 0 Å². The van der Waals surface area contributed by atoms with Gasteiger partial charge in [0.15, 0.2) is 6.86 Å². The van der Waals surface area contributed by atoms with Crippen LogP contribution in [0.25, 0.3) is 0 Å². The number of halogens is 2. The van der Waals surface area contributed by atoms with Gasteiger partial charge in [-0.05, 0) is 15.9 Å². The van der Waals surface area contributed by atoms with Crippen LogP contribution < -0.4 is 0 Å². The lowest BCUT2D eigenvalue weighted by molar-refractivity contribution is -0.160.